The fourth-order valence-corrected chi connectivity index (χ4v) is 1.63. The van der Waals surface area contributed by atoms with Gasteiger partial charge in [-0.15, -0.1) is 0 Å². The molecule has 3 nitrogen and oxygen atoms in total. The number of nitrogens with zero attached hydrogens (tertiary/aromatic N) is 2. The van der Waals surface area contributed by atoms with Crippen molar-refractivity contribution < 1.29 is 4.74 Å². The molecule has 0 aliphatic carbocycles. The summed E-state index contributed by atoms with van der Waals surface area (Å²) in [5.41, 5.74) is 3.14. The van der Waals surface area contributed by atoms with Gasteiger partial charge in [-0.1, -0.05) is 18.2 Å². The molecule has 1 aromatic heterocycles. The van der Waals surface area contributed by atoms with Crippen molar-refractivity contribution in [2.24, 2.45) is 0 Å². The number of hydrogen-bond acceptors (Lipinski definition) is 2. The summed E-state index contributed by atoms with van der Waals surface area (Å²) < 4.78 is 7.50. The molecule has 0 aliphatic heterocycles. The molecular weight excluding hydrogens is 200 g/mol. The summed E-state index contributed by atoms with van der Waals surface area (Å²) in [6.07, 6.45) is 0. The Kier molecular flexibility index (Phi) is 2.95. The number of para-hydroxylation sites is 1. The minimum absolute atomic E-state index is 0.652. The smallest absolute Gasteiger partial charge is 0.219 e. The molecule has 0 radical (unpaired) electrons. The van der Waals surface area contributed by atoms with Crippen molar-refractivity contribution in [2.45, 2.75) is 20.8 Å². The standard InChI is InChI=1S/C13H16N2O/c1-4-16-13-10(2)11(3)14-15(13)12-8-6-5-7-9-12/h5-9H,4H2,1-3H3. The van der Waals surface area contributed by atoms with Gasteiger partial charge in [0.1, 0.15) is 0 Å². The Bertz CT molecular complexity index is 474. The molecule has 1 heterocycles. The van der Waals surface area contributed by atoms with Gasteiger partial charge in [0.25, 0.3) is 0 Å². The maximum atomic E-state index is 5.64. The molecule has 0 fully saturated rings. The van der Waals surface area contributed by atoms with E-state index in [1.165, 1.54) is 0 Å². The maximum absolute atomic E-state index is 5.64. The van der Waals surface area contributed by atoms with Crippen molar-refractivity contribution in [1.29, 1.82) is 0 Å². The van der Waals surface area contributed by atoms with Crippen LogP contribution in [0.3, 0.4) is 0 Å². The third-order valence-electron chi connectivity index (χ3n) is 2.59. The van der Waals surface area contributed by atoms with Gasteiger partial charge in [0.15, 0.2) is 0 Å². The highest BCUT2D eigenvalue weighted by molar-refractivity contribution is 5.40. The second-order valence-electron chi connectivity index (χ2n) is 3.70. The zero-order valence-corrected chi connectivity index (χ0v) is 9.90. The summed E-state index contributed by atoms with van der Waals surface area (Å²) in [4.78, 5) is 0. The van der Waals surface area contributed by atoms with E-state index in [-0.39, 0.29) is 0 Å². The molecule has 0 bridgehead atoms. The van der Waals surface area contributed by atoms with E-state index in [1.807, 2.05) is 55.8 Å². The fourth-order valence-electron chi connectivity index (χ4n) is 1.63. The lowest BCUT2D eigenvalue weighted by atomic mass is 10.3. The fraction of sp³-hybridized carbons (Fsp3) is 0.308. The molecule has 16 heavy (non-hydrogen) atoms. The van der Waals surface area contributed by atoms with Crippen LogP contribution in [0.4, 0.5) is 0 Å². The average Bonchev–Trinajstić information content (AvgIpc) is 2.59. The van der Waals surface area contributed by atoms with Crippen LogP contribution in [0.2, 0.25) is 0 Å². The lowest BCUT2D eigenvalue weighted by Gasteiger charge is -2.08. The van der Waals surface area contributed by atoms with E-state index in [4.69, 9.17) is 4.74 Å². The van der Waals surface area contributed by atoms with Crippen LogP contribution in [-0.2, 0) is 0 Å². The van der Waals surface area contributed by atoms with Gasteiger partial charge in [-0.3, -0.25) is 0 Å². The molecule has 2 aromatic rings. The Morgan fingerprint density at radius 3 is 2.50 bits per heavy atom. The molecule has 0 amide bonds. The molecule has 0 unspecified atom stereocenters. The van der Waals surface area contributed by atoms with Gasteiger partial charge in [-0.2, -0.15) is 5.10 Å². The van der Waals surface area contributed by atoms with Gasteiger partial charge >= 0.3 is 0 Å². The zero-order chi connectivity index (χ0) is 11.5. The van der Waals surface area contributed by atoms with Crippen molar-refractivity contribution in [1.82, 2.24) is 9.78 Å². The van der Waals surface area contributed by atoms with Crippen molar-refractivity contribution in [2.75, 3.05) is 6.61 Å². The van der Waals surface area contributed by atoms with E-state index in [9.17, 15) is 0 Å². The van der Waals surface area contributed by atoms with Crippen molar-refractivity contribution in [3.05, 3.63) is 41.6 Å². The quantitative estimate of drug-likeness (QED) is 0.788. The first-order valence-electron chi connectivity index (χ1n) is 5.48. The van der Waals surface area contributed by atoms with E-state index in [0.717, 1.165) is 22.8 Å². The van der Waals surface area contributed by atoms with Gasteiger partial charge in [0, 0.05) is 5.56 Å². The molecule has 84 valence electrons. The summed E-state index contributed by atoms with van der Waals surface area (Å²) >= 11 is 0. The summed E-state index contributed by atoms with van der Waals surface area (Å²) in [7, 11) is 0. The molecule has 2 rings (SSSR count). The number of benzene rings is 1. The van der Waals surface area contributed by atoms with E-state index in [1.54, 1.807) is 0 Å². The largest absolute Gasteiger partial charge is 0.478 e. The normalized spacial score (nSPS) is 10.4. The second kappa shape index (κ2) is 4.39. The summed E-state index contributed by atoms with van der Waals surface area (Å²) in [5.74, 6) is 0.839. The SMILES string of the molecule is CCOc1c(C)c(C)nn1-c1ccccc1. The van der Waals surface area contributed by atoms with Gasteiger partial charge in [-0.05, 0) is 32.9 Å². The molecule has 1 aromatic carbocycles. The minimum atomic E-state index is 0.652. The average molecular weight is 216 g/mol. The van der Waals surface area contributed by atoms with E-state index >= 15 is 0 Å². The predicted molar refractivity (Wildman–Crippen MR) is 64.2 cm³/mol. The van der Waals surface area contributed by atoms with Crippen LogP contribution in [-0.4, -0.2) is 16.4 Å². The predicted octanol–water partition coefficient (Wildman–Crippen LogP) is 2.89. The molecule has 3 heteroatoms. The first kappa shape index (κ1) is 10.7. The topological polar surface area (TPSA) is 27.1 Å². The zero-order valence-electron chi connectivity index (χ0n) is 9.90. The summed E-state index contributed by atoms with van der Waals surface area (Å²) in [5, 5.41) is 4.49. The third kappa shape index (κ3) is 1.81. The van der Waals surface area contributed by atoms with Crippen LogP contribution in [0, 0.1) is 13.8 Å². The molecule has 0 aliphatic rings. The molecule has 0 atom stereocenters. The molecule has 0 N–H and O–H groups in total. The Labute approximate surface area is 95.7 Å². The first-order valence-corrected chi connectivity index (χ1v) is 5.48. The van der Waals surface area contributed by atoms with Gasteiger partial charge in [-0.25, -0.2) is 4.68 Å². The highest BCUT2D eigenvalue weighted by Gasteiger charge is 2.13. The van der Waals surface area contributed by atoms with Gasteiger partial charge in [0.05, 0.1) is 18.0 Å². The van der Waals surface area contributed by atoms with E-state index < -0.39 is 0 Å². The molecule has 0 saturated heterocycles. The van der Waals surface area contributed by atoms with E-state index in [2.05, 4.69) is 5.10 Å². The molecular formula is C13H16N2O. The van der Waals surface area contributed by atoms with Crippen LogP contribution < -0.4 is 4.74 Å². The van der Waals surface area contributed by atoms with Crippen LogP contribution in [0.15, 0.2) is 30.3 Å². The number of aromatic nitrogens is 2. The Hall–Kier alpha value is -1.77. The van der Waals surface area contributed by atoms with Gasteiger partial charge < -0.3 is 4.74 Å². The van der Waals surface area contributed by atoms with Crippen molar-refractivity contribution >= 4 is 0 Å². The third-order valence-corrected chi connectivity index (χ3v) is 2.59. The molecule has 0 spiro atoms. The lowest BCUT2D eigenvalue weighted by molar-refractivity contribution is 0.314. The number of aryl methyl sites for hydroxylation is 1. The minimum Gasteiger partial charge on any atom is -0.478 e. The Morgan fingerprint density at radius 1 is 1.19 bits per heavy atom. The summed E-state index contributed by atoms with van der Waals surface area (Å²) in [6.45, 7) is 6.67. The highest BCUT2D eigenvalue weighted by Crippen LogP contribution is 2.24. The second-order valence-corrected chi connectivity index (χ2v) is 3.70. The van der Waals surface area contributed by atoms with Gasteiger partial charge in [0.2, 0.25) is 5.88 Å². The van der Waals surface area contributed by atoms with Crippen molar-refractivity contribution in [3.63, 3.8) is 0 Å². The first-order chi connectivity index (χ1) is 7.74. The molecule has 0 saturated carbocycles. The lowest BCUT2D eigenvalue weighted by Crippen LogP contribution is -2.02. The Morgan fingerprint density at radius 2 is 1.88 bits per heavy atom. The number of rotatable bonds is 3. The Balaban J connectivity index is 2.52. The monoisotopic (exact) mass is 216 g/mol. The van der Waals surface area contributed by atoms with Crippen molar-refractivity contribution in [3.8, 4) is 11.6 Å². The number of ether oxygens (including phenoxy) is 1. The highest BCUT2D eigenvalue weighted by atomic mass is 16.5. The number of hydrogen-bond donors (Lipinski definition) is 0. The van der Waals surface area contributed by atoms with Crippen LogP contribution in [0.5, 0.6) is 5.88 Å². The van der Waals surface area contributed by atoms with Crippen LogP contribution in [0.1, 0.15) is 18.2 Å². The van der Waals surface area contributed by atoms with Crippen LogP contribution in [0.25, 0.3) is 5.69 Å². The maximum Gasteiger partial charge on any atom is 0.219 e. The van der Waals surface area contributed by atoms with Crippen LogP contribution >= 0.6 is 0 Å². The summed E-state index contributed by atoms with van der Waals surface area (Å²) in [6, 6.07) is 10.0. The van der Waals surface area contributed by atoms with E-state index in [0.29, 0.717) is 6.61 Å².